The second kappa shape index (κ2) is 8.87. The lowest BCUT2D eigenvalue weighted by molar-refractivity contribution is 0.435. The van der Waals surface area contributed by atoms with Crippen molar-refractivity contribution in [3.8, 4) is 11.5 Å². The maximum absolute atomic E-state index is 9.73. The molecule has 33 heavy (non-hydrogen) atoms. The minimum Gasteiger partial charge on any atom is -0.509 e. The quantitative estimate of drug-likeness (QED) is 0.246. The fourth-order valence-corrected chi connectivity index (χ4v) is 4.47. The molecule has 0 unspecified atom stereocenters. The van der Waals surface area contributed by atoms with Gasteiger partial charge in [0.2, 0.25) is 0 Å². The van der Waals surface area contributed by atoms with Crippen LogP contribution in [0.5, 0.6) is 11.5 Å². The first kappa shape index (κ1) is 22.2. The predicted octanol–water partition coefficient (Wildman–Crippen LogP) is 8.07. The summed E-state index contributed by atoms with van der Waals surface area (Å²) < 4.78 is 6.43. The van der Waals surface area contributed by atoms with E-state index in [4.69, 9.17) is 4.74 Å². The summed E-state index contributed by atoms with van der Waals surface area (Å²) in [5, 5.41) is 19.5. The summed E-state index contributed by atoms with van der Waals surface area (Å²) in [4.78, 5) is 0. The molecule has 0 radical (unpaired) electrons. The van der Waals surface area contributed by atoms with Crippen molar-refractivity contribution in [2.75, 3.05) is 0 Å². The summed E-state index contributed by atoms with van der Waals surface area (Å²) in [7, 11) is 0. The van der Waals surface area contributed by atoms with E-state index in [-0.39, 0.29) is 17.4 Å². The Hall–Kier alpha value is -3.98. The van der Waals surface area contributed by atoms with Crippen LogP contribution in [0.4, 0.5) is 0 Å². The minimum absolute atomic E-state index is 0.00263. The fourth-order valence-electron chi connectivity index (χ4n) is 4.47. The van der Waals surface area contributed by atoms with Crippen molar-refractivity contribution in [3.63, 3.8) is 0 Å². The topological polar surface area (TPSA) is 49.7 Å². The van der Waals surface area contributed by atoms with Gasteiger partial charge in [-0.3, -0.25) is 0 Å². The number of ether oxygens (including phenoxy) is 1. The second-order valence-electron chi connectivity index (χ2n) is 8.51. The third-order valence-electron chi connectivity index (χ3n) is 5.99. The molecular weight excluding hydrogens is 408 g/mol. The zero-order valence-corrected chi connectivity index (χ0v) is 19.2. The van der Waals surface area contributed by atoms with Gasteiger partial charge in [-0.15, -0.1) is 0 Å². The highest BCUT2D eigenvalue weighted by atomic mass is 16.5. The molecule has 0 bridgehead atoms. The first-order valence-electron chi connectivity index (χ1n) is 10.9. The van der Waals surface area contributed by atoms with Gasteiger partial charge in [-0.1, -0.05) is 67.3 Å². The molecule has 3 nitrogen and oxygen atoms in total. The first-order chi connectivity index (χ1) is 15.8. The van der Waals surface area contributed by atoms with Gasteiger partial charge in [-0.05, 0) is 72.9 Å². The van der Waals surface area contributed by atoms with Gasteiger partial charge >= 0.3 is 0 Å². The largest absolute Gasteiger partial charge is 0.509 e. The first-order valence-corrected chi connectivity index (χ1v) is 10.9. The Bertz CT molecular complexity index is 1250. The van der Waals surface area contributed by atoms with Crippen LogP contribution in [0.3, 0.4) is 0 Å². The lowest BCUT2D eigenvalue weighted by atomic mass is 9.76. The smallest absolute Gasteiger partial charge is 0.132 e. The second-order valence-corrected chi connectivity index (χ2v) is 8.51. The SMILES string of the molecule is C=C(O)/C=C\c1c(C)ccc2c1C(c1cccc(C)c1)c1c(ccc(C)c1/C=C\C(=C)O)O2. The molecule has 0 spiro atoms. The molecule has 0 aliphatic carbocycles. The summed E-state index contributed by atoms with van der Waals surface area (Å²) in [6.45, 7) is 13.4. The van der Waals surface area contributed by atoms with Gasteiger partial charge in [0.25, 0.3) is 0 Å². The molecular formula is C30H28O3. The fraction of sp³-hybridized carbons (Fsp3) is 0.133. The van der Waals surface area contributed by atoms with E-state index < -0.39 is 0 Å². The van der Waals surface area contributed by atoms with E-state index in [9.17, 15) is 10.2 Å². The summed E-state index contributed by atoms with van der Waals surface area (Å²) in [5.74, 6) is 1.46. The monoisotopic (exact) mass is 436 g/mol. The molecule has 4 rings (SSSR count). The van der Waals surface area contributed by atoms with Crippen LogP contribution in [-0.4, -0.2) is 10.2 Å². The lowest BCUT2D eigenvalue weighted by Gasteiger charge is -2.33. The highest BCUT2D eigenvalue weighted by Crippen LogP contribution is 2.51. The van der Waals surface area contributed by atoms with Crippen molar-refractivity contribution >= 4 is 12.2 Å². The number of aryl methyl sites for hydroxylation is 3. The number of benzene rings is 3. The van der Waals surface area contributed by atoms with Crippen molar-refractivity contribution in [3.05, 3.63) is 130 Å². The standard InChI is InChI=1S/C30H28O3/c1-18-7-6-8-23(17-18)28-29-24(13-11-21(4)31)19(2)9-15-26(29)33-27-16-10-20(3)25(30(27)28)14-12-22(5)32/h6-17,28,31-32H,4-5H2,1-3H3/b13-11-,14-12-. The number of fused-ring (bicyclic) bond motifs is 2. The van der Waals surface area contributed by atoms with Crippen molar-refractivity contribution in [2.45, 2.75) is 26.7 Å². The Morgan fingerprint density at radius 2 is 1.30 bits per heavy atom. The summed E-state index contributed by atoms with van der Waals surface area (Å²) in [6, 6.07) is 16.6. The number of rotatable bonds is 5. The van der Waals surface area contributed by atoms with Crippen molar-refractivity contribution < 1.29 is 14.9 Å². The van der Waals surface area contributed by atoms with Crippen LogP contribution in [0.1, 0.15) is 50.4 Å². The number of allylic oxidation sites excluding steroid dienone is 2. The van der Waals surface area contributed by atoms with Crippen LogP contribution in [0.2, 0.25) is 0 Å². The molecule has 1 aliphatic rings. The summed E-state index contributed by atoms with van der Waals surface area (Å²) >= 11 is 0. The van der Waals surface area contributed by atoms with Crippen molar-refractivity contribution in [1.29, 1.82) is 0 Å². The average Bonchev–Trinajstić information content (AvgIpc) is 2.76. The Balaban J connectivity index is 2.09. The molecule has 3 aromatic carbocycles. The Labute approximate surface area is 195 Å². The third kappa shape index (κ3) is 4.35. The number of hydrogen-bond donors (Lipinski definition) is 2. The summed E-state index contributed by atoms with van der Waals surface area (Å²) in [5.41, 5.74) is 8.51. The van der Waals surface area contributed by atoms with Crippen LogP contribution in [-0.2, 0) is 0 Å². The summed E-state index contributed by atoms with van der Waals surface area (Å²) in [6.07, 6.45) is 7.01. The maximum Gasteiger partial charge on any atom is 0.132 e. The van der Waals surface area contributed by atoms with Crippen LogP contribution in [0.15, 0.2) is 85.4 Å². The van der Waals surface area contributed by atoms with Crippen LogP contribution in [0, 0.1) is 20.8 Å². The van der Waals surface area contributed by atoms with E-state index in [0.29, 0.717) is 0 Å². The van der Waals surface area contributed by atoms with Crippen molar-refractivity contribution in [2.24, 2.45) is 0 Å². The van der Waals surface area contributed by atoms with E-state index in [1.165, 1.54) is 5.56 Å². The number of aliphatic hydroxyl groups is 2. The molecule has 0 fully saturated rings. The zero-order valence-electron chi connectivity index (χ0n) is 19.2. The van der Waals surface area contributed by atoms with E-state index in [1.54, 1.807) is 12.2 Å². The average molecular weight is 437 g/mol. The minimum atomic E-state index is -0.110. The normalized spacial score (nSPS) is 13.1. The van der Waals surface area contributed by atoms with Crippen LogP contribution < -0.4 is 4.74 Å². The molecule has 0 atom stereocenters. The van der Waals surface area contributed by atoms with Crippen LogP contribution >= 0.6 is 0 Å². The molecule has 1 heterocycles. The van der Waals surface area contributed by atoms with E-state index >= 15 is 0 Å². The van der Waals surface area contributed by atoms with Gasteiger partial charge in [0.05, 0.1) is 0 Å². The van der Waals surface area contributed by atoms with Gasteiger partial charge in [0.1, 0.15) is 23.0 Å². The Kier molecular flexibility index (Phi) is 5.97. The maximum atomic E-state index is 9.73. The van der Waals surface area contributed by atoms with E-state index in [2.05, 4.69) is 58.2 Å². The molecule has 3 aromatic rings. The van der Waals surface area contributed by atoms with Gasteiger partial charge in [-0.2, -0.15) is 0 Å². The van der Waals surface area contributed by atoms with E-state index in [0.717, 1.165) is 50.4 Å². The third-order valence-corrected chi connectivity index (χ3v) is 5.99. The number of aliphatic hydroxyl groups excluding tert-OH is 2. The molecule has 0 saturated heterocycles. The molecule has 0 saturated carbocycles. The van der Waals surface area contributed by atoms with Gasteiger partial charge in [0, 0.05) is 17.0 Å². The Morgan fingerprint density at radius 1 is 0.788 bits per heavy atom. The van der Waals surface area contributed by atoms with Gasteiger partial charge < -0.3 is 14.9 Å². The molecule has 0 amide bonds. The lowest BCUT2D eigenvalue weighted by Crippen LogP contribution is -2.16. The molecule has 1 aliphatic heterocycles. The molecule has 2 N–H and O–H groups in total. The van der Waals surface area contributed by atoms with E-state index in [1.807, 2.05) is 36.4 Å². The van der Waals surface area contributed by atoms with Gasteiger partial charge in [-0.25, -0.2) is 0 Å². The highest BCUT2D eigenvalue weighted by molar-refractivity contribution is 5.74. The van der Waals surface area contributed by atoms with Crippen LogP contribution in [0.25, 0.3) is 12.2 Å². The number of hydrogen-bond acceptors (Lipinski definition) is 3. The van der Waals surface area contributed by atoms with Gasteiger partial charge in [0.15, 0.2) is 0 Å². The van der Waals surface area contributed by atoms with Crippen molar-refractivity contribution in [1.82, 2.24) is 0 Å². The predicted molar refractivity (Wildman–Crippen MR) is 136 cm³/mol. The molecule has 166 valence electrons. The highest BCUT2D eigenvalue weighted by Gasteiger charge is 2.33. The zero-order chi connectivity index (χ0) is 23.7. The molecule has 0 aromatic heterocycles. The molecule has 3 heteroatoms. The Morgan fingerprint density at radius 3 is 1.76 bits per heavy atom.